The van der Waals surface area contributed by atoms with E-state index in [2.05, 4.69) is 0 Å². The first-order valence-electron chi connectivity index (χ1n) is 3.75. The van der Waals surface area contributed by atoms with Crippen LogP contribution in [0.5, 0.6) is 0 Å². The maximum atomic E-state index is 12.0. The van der Waals surface area contributed by atoms with E-state index in [1.54, 1.807) is 0 Å². The summed E-state index contributed by atoms with van der Waals surface area (Å²) in [6.07, 6.45) is 0.379. The van der Waals surface area contributed by atoms with Gasteiger partial charge >= 0.3 is 0 Å². The first kappa shape index (κ1) is 14.9. The Hall–Kier alpha value is -0.110. The largest absolute Gasteiger partial charge is 0.355 e. The Morgan fingerprint density at radius 1 is 1.60 bits per heavy atom. The molecule has 0 aliphatic heterocycles. The average Bonchev–Trinajstić information content (AvgIpc) is 1.99. The van der Waals surface area contributed by atoms with Crippen LogP contribution in [0.1, 0.15) is 6.42 Å². The number of sulfone groups is 1. The molecule has 0 radical (unpaired) electrons. The second-order valence-corrected chi connectivity index (χ2v) is 6.33. The number of rotatable bonds is 5. The number of hydrogen-bond acceptors (Lipinski definition) is 4. The van der Waals surface area contributed by atoms with Crippen LogP contribution in [0, 0.1) is 0 Å². The second-order valence-electron chi connectivity index (χ2n) is 2.81. The van der Waals surface area contributed by atoms with Crippen LogP contribution in [0.15, 0.2) is 0 Å². The average molecular weight is 282 g/mol. The van der Waals surface area contributed by atoms with Gasteiger partial charge in [0.1, 0.15) is 5.37 Å². The Kier molecular flexibility index (Phi) is 5.25. The zero-order valence-electron chi connectivity index (χ0n) is 7.71. The molecule has 9 heteroatoms. The molecule has 0 saturated heterocycles. The van der Waals surface area contributed by atoms with Crippen LogP contribution in [0.25, 0.3) is 0 Å². The first-order chi connectivity index (χ1) is 6.59. The first-order valence-corrected chi connectivity index (χ1v) is 6.46. The van der Waals surface area contributed by atoms with Crippen molar-refractivity contribution in [3.05, 3.63) is 0 Å². The lowest BCUT2D eigenvalue weighted by Crippen LogP contribution is -2.47. The van der Waals surface area contributed by atoms with E-state index in [-0.39, 0.29) is 0 Å². The summed E-state index contributed by atoms with van der Waals surface area (Å²) < 4.78 is 31.3. The minimum Gasteiger partial charge on any atom is -0.355 e. The molecule has 1 unspecified atom stereocenters. The van der Waals surface area contributed by atoms with Gasteiger partial charge in [0.25, 0.3) is 10.4 Å². The quantitative estimate of drug-likeness (QED) is 0.693. The molecule has 2 N–H and O–H groups in total. The van der Waals surface area contributed by atoms with Gasteiger partial charge in [-0.05, 0) is 0 Å². The third kappa shape index (κ3) is 5.50. The van der Waals surface area contributed by atoms with E-state index in [1.807, 2.05) is 5.32 Å². The lowest BCUT2D eigenvalue weighted by atomic mass is 10.4. The van der Waals surface area contributed by atoms with Crippen molar-refractivity contribution in [3.63, 3.8) is 0 Å². The van der Waals surface area contributed by atoms with Gasteiger partial charge in [-0.2, -0.15) is 0 Å². The Morgan fingerprint density at radius 3 is 2.33 bits per heavy atom. The van der Waals surface area contributed by atoms with Gasteiger partial charge in [0.2, 0.25) is 0 Å². The molecule has 15 heavy (non-hydrogen) atoms. The number of halogens is 3. The fourth-order valence-corrected chi connectivity index (χ4v) is 1.67. The van der Waals surface area contributed by atoms with Gasteiger partial charge in [-0.25, -0.2) is 8.42 Å². The fraction of sp³-hybridized carbons (Fsp3) is 0.833. The number of nitrogens with one attached hydrogen (secondary N) is 1. The van der Waals surface area contributed by atoms with Crippen molar-refractivity contribution in [3.8, 4) is 0 Å². The fourth-order valence-electron chi connectivity index (χ4n) is 0.725. The van der Waals surface area contributed by atoms with Gasteiger partial charge in [-0.3, -0.25) is 9.18 Å². The molecule has 0 rings (SSSR count). The van der Waals surface area contributed by atoms with Crippen LogP contribution >= 0.6 is 23.2 Å². The normalized spacial score (nSPS) is 14.7. The molecule has 0 saturated carbocycles. The lowest BCUT2D eigenvalue weighted by molar-refractivity contribution is -0.128. The molecule has 1 amide bonds. The molecule has 0 heterocycles. The number of alkyl halides is 3. The maximum Gasteiger partial charge on any atom is 0.296 e. The van der Waals surface area contributed by atoms with Crippen LogP contribution < -0.4 is 5.32 Å². The summed E-state index contributed by atoms with van der Waals surface area (Å²) in [5.41, 5.74) is 0. The molecule has 0 aromatic rings. The number of carbonyl (C=O) groups is 1. The van der Waals surface area contributed by atoms with Gasteiger partial charge in [0.05, 0.1) is 6.67 Å². The molecular weight excluding hydrogens is 272 g/mol. The van der Waals surface area contributed by atoms with Gasteiger partial charge in [0, 0.05) is 12.7 Å². The summed E-state index contributed by atoms with van der Waals surface area (Å²) in [4.78, 5) is 11.0. The lowest BCUT2D eigenvalue weighted by Gasteiger charge is -2.18. The van der Waals surface area contributed by atoms with Crippen LogP contribution in [0.4, 0.5) is 4.39 Å². The number of carbonyl (C=O) groups excluding carboxylic acids is 1. The van der Waals surface area contributed by atoms with E-state index in [9.17, 15) is 17.6 Å². The Morgan fingerprint density at radius 2 is 2.07 bits per heavy atom. The van der Waals surface area contributed by atoms with Crippen molar-refractivity contribution >= 4 is 38.9 Å². The molecule has 0 fully saturated rings. The van der Waals surface area contributed by atoms with E-state index in [0.717, 1.165) is 6.26 Å². The van der Waals surface area contributed by atoms with Gasteiger partial charge in [-0.1, -0.05) is 23.2 Å². The van der Waals surface area contributed by atoms with Crippen molar-refractivity contribution < 1.29 is 22.7 Å². The zero-order valence-corrected chi connectivity index (χ0v) is 10.0. The predicted octanol–water partition coefficient (Wildman–Crippen LogP) is -0.0434. The van der Waals surface area contributed by atoms with Gasteiger partial charge in [0.15, 0.2) is 9.84 Å². The van der Waals surface area contributed by atoms with Crippen molar-refractivity contribution in [1.29, 1.82) is 0 Å². The monoisotopic (exact) mass is 281 g/mol. The molecule has 0 aromatic heterocycles. The van der Waals surface area contributed by atoms with E-state index in [0.29, 0.717) is 0 Å². The van der Waals surface area contributed by atoms with Gasteiger partial charge in [-0.15, -0.1) is 0 Å². The molecule has 0 aromatic carbocycles. The summed E-state index contributed by atoms with van der Waals surface area (Å²) in [6.45, 7) is -0.943. The molecule has 1 atom stereocenters. The van der Waals surface area contributed by atoms with Crippen LogP contribution in [-0.2, 0) is 14.6 Å². The molecular formula is C6H10Cl2FNO4S. The highest BCUT2D eigenvalue weighted by Gasteiger charge is 2.34. The van der Waals surface area contributed by atoms with E-state index < -0.39 is 38.7 Å². The van der Waals surface area contributed by atoms with Crippen molar-refractivity contribution in [1.82, 2.24) is 5.32 Å². The smallest absolute Gasteiger partial charge is 0.296 e. The minimum absolute atomic E-state index is 0.436. The Bertz CT molecular complexity index is 327. The predicted molar refractivity (Wildman–Crippen MR) is 54.0 cm³/mol. The van der Waals surface area contributed by atoms with Crippen molar-refractivity contribution in [2.24, 2.45) is 0 Å². The summed E-state index contributed by atoms with van der Waals surface area (Å²) >= 11 is 10.00. The molecule has 5 nitrogen and oxygen atoms in total. The minimum atomic E-state index is -3.68. The van der Waals surface area contributed by atoms with E-state index in [1.165, 1.54) is 0 Å². The molecule has 0 bridgehead atoms. The van der Waals surface area contributed by atoms with Crippen LogP contribution in [0.2, 0.25) is 0 Å². The number of hydrogen-bond donors (Lipinski definition) is 2. The zero-order chi connectivity index (χ0) is 12.3. The third-order valence-electron chi connectivity index (χ3n) is 1.45. The van der Waals surface area contributed by atoms with E-state index in [4.69, 9.17) is 28.3 Å². The summed E-state index contributed by atoms with van der Waals surface area (Å²) in [5.74, 6) is -1.31. The number of aliphatic hydroxyl groups is 1. The highest BCUT2D eigenvalue weighted by molar-refractivity contribution is 7.91. The number of amides is 1. The summed E-state index contributed by atoms with van der Waals surface area (Å²) in [7, 11) is -3.68. The maximum absolute atomic E-state index is 12.0. The Labute approximate surface area is 96.5 Å². The van der Waals surface area contributed by atoms with E-state index >= 15 is 0 Å². The van der Waals surface area contributed by atoms with Crippen LogP contribution in [-0.4, -0.2) is 42.3 Å². The molecule has 0 aliphatic carbocycles. The third-order valence-corrected chi connectivity index (χ3v) is 3.18. The molecule has 0 spiro atoms. The SMILES string of the molecule is CS(=O)(=O)C(CCF)NC(=O)C(O)(Cl)Cl. The van der Waals surface area contributed by atoms with Crippen molar-refractivity contribution in [2.75, 3.05) is 12.9 Å². The summed E-state index contributed by atoms with van der Waals surface area (Å²) in [6, 6.07) is 0. The van der Waals surface area contributed by atoms with Gasteiger partial charge < -0.3 is 10.4 Å². The topological polar surface area (TPSA) is 83.5 Å². The standard InChI is InChI=1S/C6H10Cl2FNO4S/c1-15(13,14)4(2-3-9)10-5(11)6(7,8)12/h4,12H,2-3H2,1H3,(H,10,11). The Balaban J connectivity index is 4.65. The van der Waals surface area contributed by atoms with Crippen molar-refractivity contribution in [2.45, 2.75) is 16.3 Å². The molecule has 0 aliphatic rings. The second kappa shape index (κ2) is 5.29. The highest BCUT2D eigenvalue weighted by Crippen LogP contribution is 2.17. The van der Waals surface area contributed by atoms with Crippen LogP contribution in [0.3, 0.4) is 0 Å². The highest BCUT2D eigenvalue weighted by atomic mass is 35.5. The summed E-state index contributed by atoms with van der Waals surface area (Å²) in [5, 5.41) is 9.16. The molecule has 90 valence electrons.